The monoisotopic (exact) mass is 341 g/mol. The number of esters is 1. The molecule has 1 saturated carbocycles. The maximum Gasteiger partial charge on any atom is 0.339 e. The highest BCUT2D eigenvalue weighted by Gasteiger charge is 2.31. The highest BCUT2D eigenvalue weighted by molar-refractivity contribution is 7.98. The summed E-state index contributed by atoms with van der Waals surface area (Å²) in [6.45, 7) is 0. The van der Waals surface area contributed by atoms with E-state index in [0.29, 0.717) is 11.1 Å². The number of hydrogen-bond acceptors (Lipinski definition) is 4. The smallest absolute Gasteiger partial charge is 0.339 e. The van der Waals surface area contributed by atoms with Crippen molar-refractivity contribution in [3.05, 3.63) is 65.7 Å². The van der Waals surface area contributed by atoms with Gasteiger partial charge in [-0.25, -0.2) is 4.79 Å². The van der Waals surface area contributed by atoms with Gasteiger partial charge < -0.3 is 10.1 Å². The summed E-state index contributed by atoms with van der Waals surface area (Å²) in [5.74, 6) is -0.764. The predicted molar refractivity (Wildman–Crippen MR) is 94.0 cm³/mol. The van der Waals surface area contributed by atoms with Crippen molar-refractivity contribution in [2.45, 2.75) is 29.9 Å². The fourth-order valence-electron chi connectivity index (χ4n) is 2.31. The minimum atomic E-state index is -0.931. The molecule has 0 saturated heterocycles. The van der Waals surface area contributed by atoms with E-state index in [9.17, 15) is 9.59 Å². The minimum Gasteiger partial charge on any atom is -0.444 e. The lowest BCUT2D eigenvalue weighted by molar-refractivity contribution is -0.130. The number of nitrogens with one attached hydrogen (secondary N) is 1. The molecule has 3 rings (SSSR count). The number of carbonyl (C=O) groups is 2. The van der Waals surface area contributed by atoms with Gasteiger partial charge in [-0.3, -0.25) is 4.79 Å². The molecule has 1 fully saturated rings. The van der Waals surface area contributed by atoms with Crippen LogP contribution in [-0.2, 0) is 9.53 Å². The van der Waals surface area contributed by atoms with Crippen LogP contribution in [0.4, 0.5) is 0 Å². The summed E-state index contributed by atoms with van der Waals surface area (Å²) in [6.07, 6.45) is 3.01. The Morgan fingerprint density at radius 2 is 1.75 bits per heavy atom. The largest absolute Gasteiger partial charge is 0.444 e. The summed E-state index contributed by atoms with van der Waals surface area (Å²) in [7, 11) is 0. The Hall–Kier alpha value is -2.27. The van der Waals surface area contributed by atoms with Crippen molar-refractivity contribution in [2.24, 2.45) is 0 Å². The van der Waals surface area contributed by atoms with E-state index in [-0.39, 0.29) is 11.9 Å². The van der Waals surface area contributed by atoms with E-state index in [1.54, 1.807) is 36.0 Å². The van der Waals surface area contributed by atoms with Crippen LogP contribution in [0.25, 0.3) is 0 Å². The van der Waals surface area contributed by atoms with Crippen molar-refractivity contribution in [3.8, 4) is 0 Å². The lowest BCUT2D eigenvalue weighted by Crippen LogP contribution is -2.33. The Labute approximate surface area is 145 Å². The molecule has 0 bridgehead atoms. The average Bonchev–Trinajstić information content (AvgIpc) is 3.44. The molecule has 4 nitrogen and oxygen atoms in total. The van der Waals surface area contributed by atoms with Crippen molar-refractivity contribution < 1.29 is 14.3 Å². The van der Waals surface area contributed by atoms with Crippen molar-refractivity contribution in [3.63, 3.8) is 0 Å². The molecule has 24 heavy (non-hydrogen) atoms. The van der Waals surface area contributed by atoms with E-state index in [4.69, 9.17) is 4.74 Å². The topological polar surface area (TPSA) is 55.4 Å². The summed E-state index contributed by atoms with van der Waals surface area (Å²) in [6, 6.07) is 16.5. The molecular weight excluding hydrogens is 322 g/mol. The Morgan fingerprint density at radius 1 is 1.08 bits per heavy atom. The maximum atomic E-state index is 12.5. The molecule has 1 N–H and O–H groups in total. The van der Waals surface area contributed by atoms with E-state index in [1.807, 2.05) is 36.6 Å². The second kappa shape index (κ2) is 7.53. The van der Waals surface area contributed by atoms with E-state index in [0.717, 1.165) is 17.7 Å². The Morgan fingerprint density at radius 3 is 2.33 bits per heavy atom. The summed E-state index contributed by atoms with van der Waals surface area (Å²) in [5.41, 5.74) is 1.11. The summed E-state index contributed by atoms with van der Waals surface area (Å²) < 4.78 is 5.53. The highest BCUT2D eigenvalue weighted by atomic mass is 32.2. The zero-order valence-electron chi connectivity index (χ0n) is 13.4. The molecule has 0 radical (unpaired) electrons. The summed E-state index contributed by atoms with van der Waals surface area (Å²) >= 11 is 1.60. The number of ether oxygens (including phenoxy) is 1. The molecule has 0 aliphatic heterocycles. The van der Waals surface area contributed by atoms with Gasteiger partial charge in [-0.2, -0.15) is 0 Å². The second-order valence-electron chi connectivity index (χ2n) is 5.71. The van der Waals surface area contributed by atoms with Crippen LogP contribution in [0.15, 0.2) is 59.5 Å². The van der Waals surface area contributed by atoms with Crippen molar-refractivity contribution in [2.75, 3.05) is 6.26 Å². The number of carbonyl (C=O) groups excluding carboxylic acids is 2. The molecule has 1 aliphatic carbocycles. The third-order valence-electron chi connectivity index (χ3n) is 3.81. The van der Waals surface area contributed by atoms with Crippen LogP contribution in [-0.4, -0.2) is 24.2 Å². The molecule has 0 aromatic heterocycles. The van der Waals surface area contributed by atoms with Crippen LogP contribution in [0, 0.1) is 0 Å². The van der Waals surface area contributed by atoms with E-state index >= 15 is 0 Å². The van der Waals surface area contributed by atoms with E-state index in [1.165, 1.54) is 0 Å². The summed E-state index contributed by atoms with van der Waals surface area (Å²) in [5, 5.41) is 2.91. The van der Waals surface area contributed by atoms with Gasteiger partial charge in [-0.15, -0.1) is 11.8 Å². The lowest BCUT2D eigenvalue weighted by atomic mass is 10.1. The van der Waals surface area contributed by atoms with Crippen molar-refractivity contribution in [1.82, 2.24) is 5.32 Å². The fourth-order valence-corrected chi connectivity index (χ4v) is 2.72. The Kier molecular flexibility index (Phi) is 5.20. The van der Waals surface area contributed by atoms with Crippen LogP contribution in [0.5, 0.6) is 0 Å². The molecule has 2 aromatic rings. The van der Waals surface area contributed by atoms with Crippen LogP contribution < -0.4 is 5.32 Å². The standard InChI is InChI=1S/C19H19NO3S/c1-24-16-11-7-14(8-12-16)19(22)23-17(13-5-3-2-4-6-13)18(21)20-15-9-10-15/h2-8,11-12,15,17H,9-10H2,1H3,(H,20,21)/t17-/m1/s1. The SMILES string of the molecule is CSc1ccc(C(=O)O[C@@H](C(=O)NC2CC2)c2ccccc2)cc1. The maximum absolute atomic E-state index is 12.5. The van der Waals surface area contributed by atoms with Gasteiger partial charge in [0.1, 0.15) is 0 Å². The Balaban J connectivity index is 1.77. The molecular formula is C19H19NO3S. The molecule has 0 heterocycles. The van der Waals surface area contributed by atoms with Gasteiger partial charge in [0, 0.05) is 16.5 Å². The molecule has 0 spiro atoms. The van der Waals surface area contributed by atoms with Gasteiger partial charge in [0.05, 0.1) is 5.56 Å². The zero-order chi connectivity index (χ0) is 16.9. The Bertz CT molecular complexity index is 711. The minimum absolute atomic E-state index is 0.211. The molecule has 124 valence electrons. The van der Waals surface area contributed by atoms with Gasteiger partial charge in [0.25, 0.3) is 5.91 Å². The number of rotatable bonds is 6. The van der Waals surface area contributed by atoms with Crippen LogP contribution in [0.2, 0.25) is 0 Å². The third-order valence-corrected chi connectivity index (χ3v) is 4.56. The molecule has 2 aromatic carbocycles. The predicted octanol–water partition coefficient (Wildman–Crippen LogP) is 3.59. The highest BCUT2D eigenvalue weighted by Crippen LogP contribution is 2.24. The lowest BCUT2D eigenvalue weighted by Gasteiger charge is -2.18. The number of hydrogen-bond donors (Lipinski definition) is 1. The molecule has 1 atom stereocenters. The molecule has 1 amide bonds. The van der Waals surface area contributed by atoms with Crippen LogP contribution in [0.1, 0.15) is 34.9 Å². The first-order valence-electron chi connectivity index (χ1n) is 7.88. The third kappa shape index (κ3) is 4.17. The first-order valence-corrected chi connectivity index (χ1v) is 9.10. The van der Waals surface area contributed by atoms with E-state index in [2.05, 4.69) is 5.32 Å². The van der Waals surface area contributed by atoms with Crippen molar-refractivity contribution in [1.29, 1.82) is 0 Å². The van der Waals surface area contributed by atoms with Crippen LogP contribution in [0.3, 0.4) is 0 Å². The van der Waals surface area contributed by atoms with Gasteiger partial charge in [-0.05, 0) is 43.4 Å². The molecule has 1 aliphatic rings. The number of benzene rings is 2. The zero-order valence-corrected chi connectivity index (χ0v) is 14.2. The van der Waals surface area contributed by atoms with Crippen LogP contribution >= 0.6 is 11.8 Å². The quantitative estimate of drug-likeness (QED) is 0.644. The van der Waals surface area contributed by atoms with Gasteiger partial charge in [0.15, 0.2) is 0 Å². The fraction of sp³-hybridized carbons (Fsp3) is 0.263. The first-order chi connectivity index (χ1) is 11.7. The van der Waals surface area contributed by atoms with E-state index < -0.39 is 12.1 Å². The number of thioether (sulfide) groups is 1. The normalized spacial score (nSPS) is 14.7. The molecule has 5 heteroatoms. The molecule has 0 unspecified atom stereocenters. The first kappa shape index (κ1) is 16.6. The second-order valence-corrected chi connectivity index (χ2v) is 6.59. The van der Waals surface area contributed by atoms with Crippen molar-refractivity contribution >= 4 is 23.6 Å². The number of amides is 1. The summed E-state index contributed by atoms with van der Waals surface area (Å²) in [4.78, 5) is 26.0. The van der Waals surface area contributed by atoms with Gasteiger partial charge in [-0.1, -0.05) is 30.3 Å². The van der Waals surface area contributed by atoms with Gasteiger partial charge in [0.2, 0.25) is 6.10 Å². The van der Waals surface area contributed by atoms with Gasteiger partial charge >= 0.3 is 5.97 Å². The average molecular weight is 341 g/mol.